The molecule has 0 atom stereocenters. The second-order valence-corrected chi connectivity index (χ2v) is 9.68. The highest BCUT2D eigenvalue weighted by molar-refractivity contribution is 7.89. The topological polar surface area (TPSA) is 80.8 Å². The lowest BCUT2D eigenvalue weighted by Gasteiger charge is -2.25. The van der Waals surface area contributed by atoms with Gasteiger partial charge in [0.2, 0.25) is 15.8 Å². The minimum atomic E-state index is -3.55. The molecule has 0 bridgehead atoms. The van der Waals surface area contributed by atoms with Crippen LogP contribution in [0.25, 0.3) is 0 Å². The van der Waals surface area contributed by atoms with Crippen LogP contribution in [-0.2, 0) is 14.8 Å². The Morgan fingerprint density at radius 1 is 0.900 bits per heavy atom. The average Bonchev–Trinajstić information content (AvgIpc) is 2.75. The maximum Gasteiger partial charge on any atom is 0.338 e. The van der Waals surface area contributed by atoms with E-state index in [9.17, 15) is 18.0 Å². The molecule has 0 N–H and O–H groups in total. The van der Waals surface area contributed by atoms with Crippen molar-refractivity contribution in [2.75, 3.05) is 19.7 Å². The number of ketones is 1. The summed E-state index contributed by atoms with van der Waals surface area (Å²) in [6.07, 6.45) is 2.76. The molecule has 1 aliphatic heterocycles. The molecule has 2 aromatic rings. The zero-order chi connectivity index (χ0) is 21.9. The predicted octanol–water partition coefficient (Wildman–Crippen LogP) is 3.83. The minimum absolute atomic E-state index is 0.155. The molecule has 30 heavy (non-hydrogen) atoms. The van der Waals surface area contributed by atoms with Gasteiger partial charge in [-0.1, -0.05) is 12.5 Å². The Morgan fingerprint density at radius 2 is 1.50 bits per heavy atom. The highest BCUT2D eigenvalue weighted by Crippen LogP contribution is 2.21. The second-order valence-electron chi connectivity index (χ2n) is 7.74. The number of sulfonamides is 1. The quantitative estimate of drug-likeness (QED) is 0.515. The van der Waals surface area contributed by atoms with E-state index in [4.69, 9.17) is 4.74 Å². The molecule has 0 aliphatic carbocycles. The third-order valence-corrected chi connectivity index (χ3v) is 7.43. The van der Waals surface area contributed by atoms with E-state index >= 15 is 0 Å². The molecule has 0 saturated carbocycles. The maximum atomic E-state index is 12.7. The number of aryl methyl sites for hydroxylation is 3. The number of rotatable bonds is 6. The van der Waals surface area contributed by atoms with Crippen molar-refractivity contribution in [1.82, 2.24) is 4.31 Å². The fourth-order valence-corrected chi connectivity index (χ4v) is 5.09. The van der Waals surface area contributed by atoms with Crippen LogP contribution in [0.1, 0.15) is 56.7 Å². The minimum Gasteiger partial charge on any atom is -0.454 e. The molecular formula is C23H27NO5S. The average molecular weight is 430 g/mol. The molecule has 7 heteroatoms. The number of piperidine rings is 1. The summed E-state index contributed by atoms with van der Waals surface area (Å²) in [6, 6.07) is 9.41. The molecule has 0 radical (unpaired) electrons. The molecular weight excluding hydrogens is 402 g/mol. The lowest BCUT2D eigenvalue weighted by Crippen LogP contribution is -2.35. The van der Waals surface area contributed by atoms with Gasteiger partial charge in [-0.05, 0) is 80.6 Å². The number of Topliss-reactive ketones (excluding diaryl/α,β-unsaturated/α-hetero) is 1. The molecule has 3 rings (SSSR count). The molecule has 1 saturated heterocycles. The first-order chi connectivity index (χ1) is 14.2. The van der Waals surface area contributed by atoms with Crippen molar-refractivity contribution in [3.63, 3.8) is 0 Å². The summed E-state index contributed by atoms with van der Waals surface area (Å²) in [4.78, 5) is 24.9. The van der Waals surface area contributed by atoms with Gasteiger partial charge in [-0.3, -0.25) is 4.79 Å². The number of ether oxygens (including phenoxy) is 1. The van der Waals surface area contributed by atoms with Crippen molar-refractivity contribution >= 4 is 21.8 Å². The van der Waals surface area contributed by atoms with Crippen LogP contribution in [0.5, 0.6) is 0 Å². The first-order valence-electron chi connectivity index (χ1n) is 10.1. The van der Waals surface area contributed by atoms with Gasteiger partial charge in [0.05, 0.1) is 10.5 Å². The van der Waals surface area contributed by atoms with Crippen molar-refractivity contribution in [3.8, 4) is 0 Å². The molecule has 0 spiro atoms. The van der Waals surface area contributed by atoms with Crippen molar-refractivity contribution in [1.29, 1.82) is 0 Å². The van der Waals surface area contributed by atoms with E-state index in [0.29, 0.717) is 18.7 Å². The first kappa shape index (κ1) is 22.2. The monoisotopic (exact) mass is 429 g/mol. The normalized spacial score (nSPS) is 15.0. The smallest absolute Gasteiger partial charge is 0.338 e. The van der Waals surface area contributed by atoms with Crippen molar-refractivity contribution in [2.45, 2.75) is 44.9 Å². The van der Waals surface area contributed by atoms with Crippen LogP contribution in [0.2, 0.25) is 0 Å². The van der Waals surface area contributed by atoms with Crippen LogP contribution in [0.4, 0.5) is 0 Å². The SMILES string of the molecule is Cc1cc(C)c(C(=O)COC(=O)c2ccc(S(=O)(=O)N3CCCCC3)cc2)cc1C. The van der Waals surface area contributed by atoms with E-state index in [1.165, 1.54) is 28.6 Å². The number of hydrogen-bond acceptors (Lipinski definition) is 5. The molecule has 0 amide bonds. The lowest BCUT2D eigenvalue weighted by molar-refractivity contribution is 0.0474. The van der Waals surface area contributed by atoms with Gasteiger partial charge in [-0.15, -0.1) is 0 Å². The molecule has 2 aromatic carbocycles. The molecule has 0 unspecified atom stereocenters. The fourth-order valence-electron chi connectivity index (χ4n) is 3.57. The van der Waals surface area contributed by atoms with E-state index in [-0.39, 0.29) is 22.8 Å². The fraction of sp³-hybridized carbons (Fsp3) is 0.391. The number of carbonyl (C=O) groups is 2. The Morgan fingerprint density at radius 3 is 2.13 bits per heavy atom. The molecule has 6 nitrogen and oxygen atoms in total. The van der Waals surface area contributed by atoms with Crippen molar-refractivity contribution in [2.24, 2.45) is 0 Å². The molecule has 1 heterocycles. The summed E-state index contributed by atoms with van der Waals surface area (Å²) in [5.74, 6) is -0.931. The Hall–Kier alpha value is -2.51. The number of nitrogens with zero attached hydrogens (tertiary/aromatic N) is 1. The van der Waals surface area contributed by atoms with Gasteiger partial charge in [0.25, 0.3) is 0 Å². The van der Waals surface area contributed by atoms with Gasteiger partial charge in [0, 0.05) is 18.7 Å². The van der Waals surface area contributed by atoms with Crippen LogP contribution in [0.3, 0.4) is 0 Å². The first-order valence-corrected chi connectivity index (χ1v) is 11.5. The van der Waals surface area contributed by atoms with Gasteiger partial charge < -0.3 is 4.74 Å². The third kappa shape index (κ3) is 4.79. The summed E-state index contributed by atoms with van der Waals surface area (Å²) < 4.78 is 32.0. The molecule has 1 aliphatic rings. The summed E-state index contributed by atoms with van der Waals surface area (Å²) in [5, 5.41) is 0. The molecule has 160 valence electrons. The third-order valence-electron chi connectivity index (χ3n) is 5.52. The van der Waals surface area contributed by atoms with Crippen LogP contribution in [-0.4, -0.2) is 44.2 Å². The maximum absolute atomic E-state index is 12.7. The van der Waals surface area contributed by atoms with E-state index in [1.807, 2.05) is 26.8 Å². The molecule has 0 aromatic heterocycles. The van der Waals surface area contributed by atoms with Gasteiger partial charge in [0.1, 0.15) is 0 Å². The largest absolute Gasteiger partial charge is 0.454 e. The van der Waals surface area contributed by atoms with Crippen molar-refractivity contribution < 1.29 is 22.7 Å². The Kier molecular flexibility index (Phi) is 6.73. The number of benzene rings is 2. The van der Waals surface area contributed by atoms with Crippen molar-refractivity contribution in [3.05, 3.63) is 64.2 Å². The van der Waals surface area contributed by atoms with Gasteiger partial charge >= 0.3 is 5.97 Å². The van der Waals surface area contributed by atoms with Crippen LogP contribution in [0.15, 0.2) is 41.3 Å². The Bertz CT molecular complexity index is 1050. The van der Waals surface area contributed by atoms with Gasteiger partial charge in [-0.2, -0.15) is 4.31 Å². The van der Waals surface area contributed by atoms with Crippen LogP contribution in [0, 0.1) is 20.8 Å². The zero-order valence-corrected chi connectivity index (χ0v) is 18.4. The van der Waals surface area contributed by atoms with E-state index in [1.54, 1.807) is 6.07 Å². The predicted molar refractivity (Wildman–Crippen MR) is 114 cm³/mol. The van der Waals surface area contributed by atoms with Gasteiger partial charge in [0.15, 0.2) is 6.61 Å². The summed E-state index contributed by atoms with van der Waals surface area (Å²) >= 11 is 0. The highest BCUT2D eigenvalue weighted by Gasteiger charge is 2.26. The number of carbonyl (C=O) groups excluding carboxylic acids is 2. The zero-order valence-electron chi connectivity index (χ0n) is 17.6. The Balaban J connectivity index is 1.65. The van der Waals surface area contributed by atoms with Crippen LogP contribution >= 0.6 is 0 Å². The number of esters is 1. The van der Waals surface area contributed by atoms with Crippen LogP contribution < -0.4 is 0 Å². The summed E-state index contributed by atoms with van der Waals surface area (Å²) in [7, 11) is -3.55. The Labute approximate surface area is 177 Å². The van der Waals surface area contributed by atoms with E-state index < -0.39 is 16.0 Å². The summed E-state index contributed by atoms with van der Waals surface area (Å²) in [6.45, 7) is 6.43. The molecule has 1 fully saturated rings. The highest BCUT2D eigenvalue weighted by atomic mass is 32.2. The lowest BCUT2D eigenvalue weighted by atomic mass is 9.98. The summed E-state index contributed by atoms with van der Waals surface area (Å²) in [5.41, 5.74) is 3.68. The number of hydrogen-bond donors (Lipinski definition) is 0. The second kappa shape index (κ2) is 9.10. The van der Waals surface area contributed by atoms with E-state index in [0.717, 1.165) is 36.0 Å². The van der Waals surface area contributed by atoms with E-state index in [2.05, 4.69) is 0 Å². The standard InChI is InChI=1S/C23H27NO5S/c1-16-13-18(3)21(14-17(16)2)22(25)15-29-23(26)19-7-9-20(10-8-19)30(27,28)24-11-5-4-6-12-24/h7-10,13-14H,4-6,11-12,15H2,1-3H3. The van der Waals surface area contributed by atoms with Gasteiger partial charge in [-0.25, -0.2) is 13.2 Å².